The van der Waals surface area contributed by atoms with Crippen LogP contribution in [0.1, 0.15) is 31.1 Å². The van der Waals surface area contributed by atoms with Crippen molar-refractivity contribution in [3.05, 3.63) is 28.8 Å². The SMILES string of the molecule is CC(C)(C)NC(=O)Nc1ccc(Cl)c(C(=O)NCCN)c1. The number of hydrogen-bond donors (Lipinski definition) is 4. The van der Waals surface area contributed by atoms with Crippen molar-refractivity contribution in [2.24, 2.45) is 5.73 Å². The zero-order valence-electron chi connectivity index (χ0n) is 12.4. The summed E-state index contributed by atoms with van der Waals surface area (Å²) in [6, 6.07) is 4.37. The van der Waals surface area contributed by atoms with Crippen LogP contribution in [-0.4, -0.2) is 30.6 Å². The van der Waals surface area contributed by atoms with E-state index in [2.05, 4.69) is 16.0 Å². The molecule has 1 rings (SSSR count). The molecule has 0 saturated heterocycles. The van der Waals surface area contributed by atoms with Gasteiger partial charge in [0.25, 0.3) is 5.91 Å². The molecular weight excluding hydrogens is 292 g/mol. The quantitative estimate of drug-likeness (QED) is 0.684. The van der Waals surface area contributed by atoms with Crippen LogP contribution in [0.15, 0.2) is 18.2 Å². The Bertz CT molecular complexity index is 526. The summed E-state index contributed by atoms with van der Waals surface area (Å²) in [6.07, 6.45) is 0. The maximum Gasteiger partial charge on any atom is 0.319 e. The Balaban J connectivity index is 2.82. The maximum atomic E-state index is 11.9. The molecule has 7 heteroatoms. The third-order valence-electron chi connectivity index (χ3n) is 2.39. The van der Waals surface area contributed by atoms with Crippen molar-refractivity contribution in [1.29, 1.82) is 0 Å². The Hall–Kier alpha value is -1.79. The Morgan fingerprint density at radius 3 is 2.52 bits per heavy atom. The van der Waals surface area contributed by atoms with E-state index >= 15 is 0 Å². The minimum atomic E-state index is -0.349. The summed E-state index contributed by atoms with van der Waals surface area (Å²) in [5, 5.41) is 8.37. The molecule has 0 aliphatic rings. The fourth-order valence-corrected chi connectivity index (χ4v) is 1.76. The highest BCUT2D eigenvalue weighted by molar-refractivity contribution is 6.34. The number of carbonyl (C=O) groups excluding carboxylic acids is 2. The Kier molecular flexibility index (Phi) is 5.99. The largest absolute Gasteiger partial charge is 0.351 e. The number of anilines is 1. The average molecular weight is 313 g/mol. The van der Waals surface area contributed by atoms with Crippen LogP contribution in [0.4, 0.5) is 10.5 Å². The molecule has 0 aromatic heterocycles. The third-order valence-corrected chi connectivity index (χ3v) is 2.72. The van der Waals surface area contributed by atoms with Gasteiger partial charge in [-0.1, -0.05) is 11.6 Å². The first-order chi connectivity index (χ1) is 9.73. The second kappa shape index (κ2) is 7.28. The van der Waals surface area contributed by atoms with Crippen molar-refractivity contribution in [1.82, 2.24) is 10.6 Å². The molecule has 0 aliphatic carbocycles. The minimum absolute atomic E-state index is 0.290. The Morgan fingerprint density at radius 2 is 1.95 bits per heavy atom. The van der Waals surface area contributed by atoms with Crippen molar-refractivity contribution < 1.29 is 9.59 Å². The lowest BCUT2D eigenvalue weighted by atomic mass is 10.1. The van der Waals surface area contributed by atoms with E-state index in [1.807, 2.05) is 20.8 Å². The van der Waals surface area contributed by atoms with E-state index in [9.17, 15) is 9.59 Å². The Labute approximate surface area is 129 Å². The summed E-state index contributed by atoms with van der Waals surface area (Å²) >= 11 is 5.99. The molecule has 0 radical (unpaired) electrons. The van der Waals surface area contributed by atoms with E-state index in [0.717, 1.165) is 0 Å². The van der Waals surface area contributed by atoms with E-state index in [1.54, 1.807) is 12.1 Å². The zero-order valence-corrected chi connectivity index (χ0v) is 13.2. The first-order valence-corrected chi connectivity index (χ1v) is 6.98. The average Bonchev–Trinajstić information content (AvgIpc) is 2.36. The van der Waals surface area contributed by atoms with Crippen molar-refractivity contribution >= 4 is 29.2 Å². The summed E-state index contributed by atoms with van der Waals surface area (Å²) in [5.41, 5.74) is 5.76. The lowest BCUT2D eigenvalue weighted by Gasteiger charge is -2.21. The molecule has 0 heterocycles. The van der Waals surface area contributed by atoms with Gasteiger partial charge in [0, 0.05) is 24.3 Å². The summed E-state index contributed by atoms with van der Waals surface area (Å²) in [6.45, 7) is 6.33. The van der Waals surface area contributed by atoms with E-state index in [4.69, 9.17) is 17.3 Å². The van der Waals surface area contributed by atoms with Crippen LogP contribution >= 0.6 is 11.6 Å². The highest BCUT2D eigenvalue weighted by Crippen LogP contribution is 2.20. The molecule has 0 aliphatic heterocycles. The van der Waals surface area contributed by atoms with Gasteiger partial charge in [0.1, 0.15) is 0 Å². The van der Waals surface area contributed by atoms with Gasteiger partial charge in [-0.05, 0) is 39.0 Å². The number of hydrogen-bond acceptors (Lipinski definition) is 3. The maximum absolute atomic E-state index is 11.9. The molecule has 116 valence electrons. The molecule has 5 N–H and O–H groups in total. The van der Waals surface area contributed by atoms with Crippen LogP contribution in [0.2, 0.25) is 5.02 Å². The molecule has 0 unspecified atom stereocenters. The zero-order chi connectivity index (χ0) is 16.0. The standard InChI is InChI=1S/C14H21ClN4O2/c1-14(2,3)19-13(21)18-9-4-5-11(15)10(8-9)12(20)17-7-6-16/h4-5,8H,6-7,16H2,1-3H3,(H,17,20)(H2,18,19,21). The fraction of sp³-hybridized carbons (Fsp3) is 0.429. The van der Waals surface area contributed by atoms with Crippen LogP contribution in [-0.2, 0) is 0 Å². The third kappa shape index (κ3) is 6.01. The highest BCUT2D eigenvalue weighted by atomic mass is 35.5. The number of nitrogens with one attached hydrogen (secondary N) is 3. The molecule has 21 heavy (non-hydrogen) atoms. The van der Waals surface area contributed by atoms with E-state index in [0.29, 0.717) is 29.4 Å². The molecule has 3 amide bonds. The lowest BCUT2D eigenvalue weighted by molar-refractivity contribution is 0.0955. The molecule has 1 aromatic carbocycles. The van der Waals surface area contributed by atoms with Gasteiger partial charge < -0.3 is 21.7 Å². The first-order valence-electron chi connectivity index (χ1n) is 6.60. The van der Waals surface area contributed by atoms with Crippen molar-refractivity contribution in [2.75, 3.05) is 18.4 Å². The minimum Gasteiger partial charge on any atom is -0.351 e. The number of nitrogens with two attached hydrogens (primary N) is 1. The van der Waals surface area contributed by atoms with E-state index < -0.39 is 0 Å². The van der Waals surface area contributed by atoms with Crippen molar-refractivity contribution in [2.45, 2.75) is 26.3 Å². The molecule has 0 atom stereocenters. The lowest BCUT2D eigenvalue weighted by Crippen LogP contribution is -2.43. The Morgan fingerprint density at radius 1 is 1.29 bits per heavy atom. The van der Waals surface area contributed by atoms with Gasteiger partial charge in [-0.15, -0.1) is 0 Å². The normalized spacial score (nSPS) is 10.9. The van der Waals surface area contributed by atoms with Gasteiger partial charge in [-0.3, -0.25) is 4.79 Å². The van der Waals surface area contributed by atoms with Gasteiger partial charge in [-0.25, -0.2) is 4.79 Å². The molecule has 0 spiro atoms. The number of amides is 3. The monoisotopic (exact) mass is 312 g/mol. The highest BCUT2D eigenvalue weighted by Gasteiger charge is 2.15. The molecule has 0 bridgehead atoms. The second-order valence-electron chi connectivity index (χ2n) is 5.57. The topological polar surface area (TPSA) is 96.2 Å². The predicted octanol–water partition coefficient (Wildman–Crippen LogP) is 1.95. The smallest absolute Gasteiger partial charge is 0.319 e. The molecule has 0 fully saturated rings. The molecule has 6 nitrogen and oxygen atoms in total. The number of urea groups is 1. The van der Waals surface area contributed by atoms with Gasteiger partial charge in [0.05, 0.1) is 10.6 Å². The van der Waals surface area contributed by atoms with Crippen LogP contribution in [0, 0.1) is 0 Å². The molecule has 0 saturated carbocycles. The van der Waals surface area contributed by atoms with Gasteiger partial charge in [0.15, 0.2) is 0 Å². The second-order valence-corrected chi connectivity index (χ2v) is 5.98. The van der Waals surface area contributed by atoms with E-state index in [-0.39, 0.29) is 17.5 Å². The summed E-state index contributed by atoms with van der Waals surface area (Å²) in [7, 11) is 0. The molecule has 1 aromatic rings. The van der Waals surface area contributed by atoms with E-state index in [1.165, 1.54) is 6.07 Å². The van der Waals surface area contributed by atoms with Crippen molar-refractivity contribution in [3.63, 3.8) is 0 Å². The van der Waals surface area contributed by atoms with Crippen LogP contribution in [0.25, 0.3) is 0 Å². The van der Waals surface area contributed by atoms with Gasteiger partial charge >= 0.3 is 6.03 Å². The first kappa shape index (κ1) is 17.3. The summed E-state index contributed by atoms with van der Waals surface area (Å²) in [4.78, 5) is 23.7. The van der Waals surface area contributed by atoms with Gasteiger partial charge in [0.2, 0.25) is 0 Å². The van der Waals surface area contributed by atoms with Crippen LogP contribution in [0.3, 0.4) is 0 Å². The van der Waals surface area contributed by atoms with Crippen LogP contribution in [0.5, 0.6) is 0 Å². The number of rotatable bonds is 4. The van der Waals surface area contributed by atoms with Gasteiger partial charge in [-0.2, -0.15) is 0 Å². The summed E-state index contributed by atoms with van der Waals surface area (Å²) < 4.78 is 0. The fourth-order valence-electron chi connectivity index (χ4n) is 1.56. The number of carbonyl (C=O) groups is 2. The van der Waals surface area contributed by atoms with Crippen molar-refractivity contribution in [3.8, 4) is 0 Å². The number of halogens is 1. The molecular formula is C14H21ClN4O2. The predicted molar refractivity (Wildman–Crippen MR) is 84.7 cm³/mol. The van der Waals surface area contributed by atoms with Crippen LogP contribution < -0.4 is 21.7 Å². The number of benzene rings is 1. The summed E-state index contributed by atoms with van der Waals surface area (Å²) in [5.74, 6) is -0.328.